The molecule has 1 aliphatic rings. The van der Waals surface area contributed by atoms with E-state index in [0.29, 0.717) is 11.6 Å². The third kappa shape index (κ3) is 3.66. The lowest BCUT2D eigenvalue weighted by Gasteiger charge is -2.27. The monoisotopic (exact) mass is 268 g/mol. The maximum absolute atomic E-state index is 13.9. The lowest BCUT2D eigenvalue weighted by Crippen LogP contribution is -2.37. The summed E-state index contributed by atoms with van der Waals surface area (Å²) in [5.74, 6) is -1.00. The van der Waals surface area contributed by atoms with Gasteiger partial charge < -0.3 is 10.6 Å². The largest absolute Gasteiger partial charge is 0.378 e. The molecule has 1 heterocycles. The van der Waals surface area contributed by atoms with Crippen molar-refractivity contribution >= 4 is 5.69 Å². The van der Waals surface area contributed by atoms with E-state index in [2.05, 4.69) is 10.6 Å². The van der Waals surface area contributed by atoms with Gasteiger partial charge in [-0.25, -0.2) is 8.78 Å². The molecule has 106 valence electrons. The molecule has 0 spiro atoms. The number of hydrogen-bond donors (Lipinski definition) is 2. The van der Waals surface area contributed by atoms with Crippen molar-refractivity contribution in [1.29, 1.82) is 0 Å². The van der Waals surface area contributed by atoms with Gasteiger partial charge in [-0.3, -0.25) is 0 Å². The smallest absolute Gasteiger partial charge is 0.152 e. The number of anilines is 1. The second kappa shape index (κ2) is 6.33. The molecule has 2 unspecified atom stereocenters. The maximum Gasteiger partial charge on any atom is 0.152 e. The zero-order valence-corrected chi connectivity index (χ0v) is 11.6. The Morgan fingerprint density at radius 2 is 2.16 bits per heavy atom. The number of benzene rings is 1. The third-order valence-corrected chi connectivity index (χ3v) is 3.73. The van der Waals surface area contributed by atoms with E-state index in [1.165, 1.54) is 25.0 Å². The zero-order valence-electron chi connectivity index (χ0n) is 11.6. The summed E-state index contributed by atoms with van der Waals surface area (Å²) in [6.45, 7) is 4.66. The summed E-state index contributed by atoms with van der Waals surface area (Å²) in [7, 11) is 0. The second-order valence-corrected chi connectivity index (χ2v) is 5.48. The Bertz CT molecular complexity index is 428. The lowest BCUT2D eigenvalue weighted by molar-refractivity contribution is 0.370. The summed E-state index contributed by atoms with van der Waals surface area (Å²) < 4.78 is 27.5. The van der Waals surface area contributed by atoms with Crippen molar-refractivity contribution in [3.8, 4) is 0 Å². The third-order valence-electron chi connectivity index (χ3n) is 3.73. The highest BCUT2D eigenvalue weighted by Crippen LogP contribution is 2.23. The van der Waals surface area contributed by atoms with Crippen LogP contribution in [0.2, 0.25) is 0 Å². The van der Waals surface area contributed by atoms with Crippen LogP contribution in [0, 0.1) is 18.6 Å². The number of piperidine rings is 1. The Balaban J connectivity index is 1.98. The second-order valence-electron chi connectivity index (χ2n) is 5.48. The number of halogens is 2. The Kier molecular flexibility index (Phi) is 4.75. The van der Waals surface area contributed by atoms with Gasteiger partial charge >= 0.3 is 0 Å². The molecule has 1 aromatic rings. The standard InChI is InChI=1S/C15H22F2N2/c1-10-6-7-13(16)15(14(10)17)19-11(2)9-12-5-3-4-8-18-12/h6-7,11-12,18-19H,3-5,8-9H2,1-2H3. The summed E-state index contributed by atoms with van der Waals surface area (Å²) in [5.41, 5.74) is 0.468. The first-order valence-corrected chi connectivity index (χ1v) is 7.02. The molecule has 1 aromatic carbocycles. The highest BCUT2D eigenvalue weighted by atomic mass is 19.1. The van der Waals surface area contributed by atoms with Crippen molar-refractivity contribution < 1.29 is 8.78 Å². The van der Waals surface area contributed by atoms with Crippen molar-refractivity contribution in [3.05, 3.63) is 29.3 Å². The molecule has 0 aliphatic carbocycles. The highest BCUT2D eigenvalue weighted by molar-refractivity contribution is 5.49. The maximum atomic E-state index is 13.9. The van der Waals surface area contributed by atoms with Crippen LogP contribution in [0.15, 0.2) is 12.1 Å². The van der Waals surface area contributed by atoms with Gasteiger partial charge in [0.1, 0.15) is 11.5 Å². The normalized spacial score (nSPS) is 21.2. The van der Waals surface area contributed by atoms with Crippen LogP contribution in [0.3, 0.4) is 0 Å². The van der Waals surface area contributed by atoms with Crippen LogP contribution in [-0.2, 0) is 0 Å². The van der Waals surface area contributed by atoms with E-state index in [-0.39, 0.29) is 11.7 Å². The fourth-order valence-electron chi connectivity index (χ4n) is 2.65. The van der Waals surface area contributed by atoms with Gasteiger partial charge in [-0.2, -0.15) is 0 Å². The molecular weight excluding hydrogens is 246 g/mol. The average Bonchev–Trinajstić information content (AvgIpc) is 2.40. The number of aryl methyl sites for hydroxylation is 1. The molecule has 2 N–H and O–H groups in total. The molecule has 1 aliphatic heterocycles. The minimum atomic E-state index is -0.522. The average molecular weight is 268 g/mol. The fraction of sp³-hybridized carbons (Fsp3) is 0.600. The molecule has 0 radical (unpaired) electrons. The predicted octanol–water partition coefficient (Wildman–Crippen LogP) is 3.61. The molecule has 1 saturated heterocycles. The van der Waals surface area contributed by atoms with Gasteiger partial charge in [0.25, 0.3) is 0 Å². The molecule has 1 fully saturated rings. The van der Waals surface area contributed by atoms with Gasteiger partial charge in [-0.05, 0) is 51.3 Å². The van der Waals surface area contributed by atoms with Crippen LogP contribution in [0.25, 0.3) is 0 Å². The van der Waals surface area contributed by atoms with Gasteiger partial charge in [0.05, 0.1) is 0 Å². The first kappa shape index (κ1) is 14.3. The van der Waals surface area contributed by atoms with Crippen LogP contribution < -0.4 is 10.6 Å². The Hall–Kier alpha value is -1.16. The summed E-state index contributed by atoms with van der Waals surface area (Å²) in [4.78, 5) is 0. The van der Waals surface area contributed by atoms with Crippen molar-refractivity contribution in [1.82, 2.24) is 5.32 Å². The van der Waals surface area contributed by atoms with Crippen molar-refractivity contribution in [2.75, 3.05) is 11.9 Å². The van der Waals surface area contributed by atoms with Gasteiger partial charge in [0.15, 0.2) is 5.82 Å². The van der Waals surface area contributed by atoms with E-state index in [9.17, 15) is 8.78 Å². The van der Waals surface area contributed by atoms with Gasteiger partial charge in [0.2, 0.25) is 0 Å². The number of nitrogens with one attached hydrogen (secondary N) is 2. The SMILES string of the molecule is Cc1ccc(F)c(NC(C)CC2CCCCN2)c1F. The number of hydrogen-bond acceptors (Lipinski definition) is 2. The summed E-state index contributed by atoms with van der Waals surface area (Å²) in [6, 6.07) is 3.27. The molecule has 0 bridgehead atoms. The Labute approximate surface area is 113 Å². The van der Waals surface area contributed by atoms with Crippen LogP contribution in [0.1, 0.15) is 38.2 Å². The van der Waals surface area contributed by atoms with Gasteiger partial charge in [-0.1, -0.05) is 12.5 Å². The Morgan fingerprint density at radius 1 is 1.37 bits per heavy atom. The fourth-order valence-corrected chi connectivity index (χ4v) is 2.65. The topological polar surface area (TPSA) is 24.1 Å². The molecule has 2 atom stereocenters. The number of rotatable bonds is 4. The molecule has 2 nitrogen and oxygen atoms in total. The van der Waals surface area contributed by atoms with Crippen molar-refractivity contribution in [2.24, 2.45) is 0 Å². The van der Waals surface area contributed by atoms with E-state index < -0.39 is 11.6 Å². The quantitative estimate of drug-likeness (QED) is 0.871. The van der Waals surface area contributed by atoms with Crippen LogP contribution in [0.5, 0.6) is 0 Å². The van der Waals surface area contributed by atoms with E-state index in [0.717, 1.165) is 19.4 Å². The summed E-state index contributed by atoms with van der Waals surface area (Å²) in [5, 5.41) is 6.43. The predicted molar refractivity (Wildman–Crippen MR) is 74.4 cm³/mol. The van der Waals surface area contributed by atoms with E-state index in [1.807, 2.05) is 6.92 Å². The zero-order chi connectivity index (χ0) is 13.8. The van der Waals surface area contributed by atoms with Crippen molar-refractivity contribution in [3.63, 3.8) is 0 Å². The van der Waals surface area contributed by atoms with Crippen molar-refractivity contribution in [2.45, 2.75) is 51.6 Å². The summed E-state index contributed by atoms with van der Waals surface area (Å²) >= 11 is 0. The molecule has 4 heteroatoms. The van der Waals surface area contributed by atoms with E-state index in [4.69, 9.17) is 0 Å². The molecule has 19 heavy (non-hydrogen) atoms. The highest BCUT2D eigenvalue weighted by Gasteiger charge is 2.18. The molecule has 2 rings (SSSR count). The minimum absolute atomic E-state index is 0.00306. The van der Waals surface area contributed by atoms with Gasteiger partial charge in [0, 0.05) is 12.1 Å². The molecule has 0 amide bonds. The lowest BCUT2D eigenvalue weighted by atomic mass is 9.98. The van der Waals surface area contributed by atoms with Gasteiger partial charge in [-0.15, -0.1) is 0 Å². The first-order chi connectivity index (χ1) is 9.08. The molecular formula is C15H22F2N2. The molecule has 0 aromatic heterocycles. The van der Waals surface area contributed by atoms with E-state index >= 15 is 0 Å². The van der Waals surface area contributed by atoms with Crippen LogP contribution in [-0.4, -0.2) is 18.6 Å². The molecule has 0 saturated carbocycles. The van der Waals surface area contributed by atoms with Crippen LogP contribution >= 0.6 is 0 Å². The van der Waals surface area contributed by atoms with Crippen LogP contribution in [0.4, 0.5) is 14.5 Å². The first-order valence-electron chi connectivity index (χ1n) is 7.02. The Morgan fingerprint density at radius 3 is 2.84 bits per heavy atom. The summed E-state index contributed by atoms with van der Waals surface area (Å²) in [6.07, 6.45) is 4.48. The van der Waals surface area contributed by atoms with E-state index in [1.54, 1.807) is 6.92 Å². The minimum Gasteiger partial charge on any atom is -0.378 e.